The molecule has 7 nitrogen and oxygen atoms in total. The number of aryl methyl sites for hydroxylation is 1. The Balaban J connectivity index is 1.47. The summed E-state index contributed by atoms with van der Waals surface area (Å²) in [5.74, 6) is 0.176. The van der Waals surface area contributed by atoms with E-state index in [0.717, 1.165) is 42.0 Å². The number of benzene rings is 2. The van der Waals surface area contributed by atoms with Crippen molar-refractivity contribution in [2.75, 3.05) is 7.11 Å². The van der Waals surface area contributed by atoms with E-state index in [9.17, 15) is 9.90 Å². The van der Waals surface area contributed by atoms with Gasteiger partial charge in [-0.15, -0.1) is 5.10 Å². The van der Waals surface area contributed by atoms with Crippen LogP contribution in [-0.4, -0.2) is 39.3 Å². The Kier molecular flexibility index (Phi) is 6.65. The summed E-state index contributed by atoms with van der Waals surface area (Å²) >= 11 is 6.43. The first-order chi connectivity index (χ1) is 15.4. The van der Waals surface area contributed by atoms with Gasteiger partial charge in [0, 0.05) is 5.02 Å². The maximum Gasteiger partial charge on any atom is 0.362 e. The van der Waals surface area contributed by atoms with Gasteiger partial charge in [-0.3, -0.25) is 0 Å². The van der Waals surface area contributed by atoms with Gasteiger partial charge in [0.05, 0.1) is 13.7 Å². The Morgan fingerprint density at radius 2 is 1.88 bits per heavy atom. The zero-order valence-corrected chi connectivity index (χ0v) is 18.9. The van der Waals surface area contributed by atoms with E-state index >= 15 is 0 Å². The number of methoxy groups -OCH3 is 1. The zero-order chi connectivity index (χ0) is 22.7. The molecule has 32 heavy (non-hydrogen) atoms. The molecule has 2 aromatic carbocycles. The predicted molar refractivity (Wildman–Crippen MR) is 121 cm³/mol. The van der Waals surface area contributed by atoms with Gasteiger partial charge in [0.25, 0.3) is 0 Å². The van der Waals surface area contributed by atoms with Crippen molar-refractivity contribution in [3.8, 4) is 11.6 Å². The second-order valence-corrected chi connectivity index (χ2v) is 8.58. The summed E-state index contributed by atoms with van der Waals surface area (Å²) in [6.07, 6.45) is 3.37. The lowest BCUT2D eigenvalue weighted by Gasteiger charge is -2.30. The summed E-state index contributed by atoms with van der Waals surface area (Å²) in [4.78, 5) is 11.7. The zero-order valence-electron chi connectivity index (χ0n) is 18.1. The van der Waals surface area contributed by atoms with Crippen LogP contribution in [0.15, 0.2) is 42.5 Å². The number of aromatic carboxylic acids is 1. The highest BCUT2D eigenvalue weighted by molar-refractivity contribution is 6.31. The van der Waals surface area contributed by atoms with Crippen molar-refractivity contribution in [1.82, 2.24) is 15.0 Å². The highest BCUT2D eigenvalue weighted by Crippen LogP contribution is 2.38. The minimum atomic E-state index is -1.15. The SMILES string of the molecule is COc1ccc(Cn2nnc(C(=O)O)c2O[C@H]2CC[C@H](c3cc(C)ccc3Cl)CC2)cc1. The fourth-order valence-corrected chi connectivity index (χ4v) is 4.46. The van der Waals surface area contributed by atoms with E-state index in [1.165, 1.54) is 15.8 Å². The Labute approximate surface area is 191 Å². The number of carboxylic acids is 1. The average molecular weight is 456 g/mol. The molecule has 0 unspecified atom stereocenters. The van der Waals surface area contributed by atoms with Crippen molar-refractivity contribution in [3.63, 3.8) is 0 Å². The molecular formula is C24H26ClN3O4. The van der Waals surface area contributed by atoms with E-state index in [2.05, 4.69) is 23.3 Å². The Morgan fingerprint density at radius 3 is 2.53 bits per heavy atom. The number of halogens is 1. The number of aromatic nitrogens is 3. The molecule has 1 aliphatic rings. The van der Waals surface area contributed by atoms with Crippen molar-refractivity contribution in [3.05, 3.63) is 69.9 Å². The first kappa shape index (κ1) is 22.1. The van der Waals surface area contributed by atoms with Gasteiger partial charge >= 0.3 is 5.97 Å². The quantitative estimate of drug-likeness (QED) is 0.533. The third kappa shape index (κ3) is 4.88. The molecule has 3 aromatic rings. The average Bonchev–Trinajstić information content (AvgIpc) is 3.19. The van der Waals surface area contributed by atoms with Gasteiger partial charge in [0.2, 0.25) is 11.6 Å². The van der Waals surface area contributed by atoms with Crippen molar-refractivity contribution in [2.24, 2.45) is 0 Å². The van der Waals surface area contributed by atoms with Crippen LogP contribution in [0.25, 0.3) is 0 Å². The number of hydrogen-bond acceptors (Lipinski definition) is 5. The molecule has 0 spiro atoms. The summed E-state index contributed by atoms with van der Waals surface area (Å²) in [6.45, 7) is 2.42. The van der Waals surface area contributed by atoms with Crippen LogP contribution < -0.4 is 9.47 Å². The van der Waals surface area contributed by atoms with Gasteiger partial charge in [-0.05, 0) is 67.9 Å². The van der Waals surface area contributed by atoms with Gasteiger partial charge in [-0.25, -0.2) is 9.48 Å². The van der Waals surface area contributed by atoms with Gasteiger partial charge in [0.1, 0.15) is 11.9 Å². The third-order valence-electron chi connectivity index (χ3n) is 5.93. The smallest absolute Gasteiger partial charge is 0.362 e. The van der Waals surface area contributed by atoms with Crippen LogP contribution in [0, 0.1) is 6.92 Å². The number of ether oxygens (including phenoxy) is 2. The van der Waals surface area contributed by atoms with Crippen LogP contribution in [0.2, 0.25) is 5.02 Å². The molecule has 1 heterocycles. The predicted octanol–water partition coefficient (Wildman–Crippen LogP) is 5.10. The van der Waals surface area contributed by atoms with E-state index in [0.29, 0.717) is 12.5 Å². The summed E-state index contributed by atoms with van der Waals surface area (Å²) < 4.78 is 12.9. The molecule has 0 atom stereocenters. The van der Waals surface area contributed by atoms with Gasteiger partial charge < -0.3 is 14.6 Å². The van der Waals surface area contributed by atoms with E-state index in [1.54, 1.807) is 7.11 Å². The van der Waals surface area contributed by atoms with Crippen LogP contribution in [0.4, 0.5) is 0 Å². The molecule has 0 radical (unpaired) electrons. The summed E-state index contributed by atoms with van der Waals surface area (Å²) in [7, 11) is 1.61. The third-order valence-corrected chi connectivity index (χ3v) is 6.27. The van der Waals surface area contributed by atoms with Gasteiger partial charge in [-0.2, -0.15) is 0 Å². The molecule has 4 rings (SSSR count). The van der Waals surface area contributed by atoms with Crippen molar-refractivity contribution >= 4 is 17.6 Å². The minimum absolute atomic E-state index is 0.0962. The maximum atomic E-state index is 11.7. The summed E-state index contributed by atoms with van der Waals surface area (Å²) in [5, 5.41) is 18.2. The molecule has 0 saturated heterocycles. The number of nitrogens with zero attached hydrogens (tertiary/aromatic N) is 3. The number of carboxylic acid groups (broad SMARTS) is 1. The highest BCUT2D eigenvalue weighted by atomic mass is 35.5. The van der Waals surface area contributed by atoms with Crippen LogP contribution >= 0.6 is 11.6 Å². The molecule has 1 fully saturated rings. The fourth-order valence-electron chi connectivity index (χ4n) is 4.19. The number of rotatable bonds is 7. The largest absolute Gasteiger partial charge is 0.497 e. The standard InChI is InChI=1S/C24H26ClN3O4/c1-15-3-12-21(25)20(13-15)17-6-10-19(11-7-17)32-23-22(24(29)30)26-27-28(23)14-16-4-8-18(31-2)9-5-16/h3-5,8-9,12-13,17,19H,6-7,10-11,14H2,1-2H3,(H,29,30)/t17-,19-. The van der Waals surface area contributed by atoms with E-state index in [-0.39, 0.29) is 17.7 Å². The lowest BCUT2D eigenvalue weighted by atomic mass is 9.82. The molecule has 0 amide bonds. The molecule has 1 saturated carbocycles. The van der Waals surface area contributed by atoms with Crippen LogP contribution in [0.1, 0.15) is 58.8 Å². The van der Waals surface area contributed by atoms with Gasteiger partial charge in [-0.1, -0.05) is 46.6 Å². The van der Waals surface area contributed by atoms with Gasteiger partial charge in [0.15, 0.2) is 0 Å². The van der Waals surface area contributed by atoms with Crippen LogP contribution in [0.3, 0.4) is 0 Å². The molecule has 0 aliphatic heterocycles. The number of hydrogen-bond donors (Lipinski definition) is 1. The Morgan fingerprint density at radius 1 is 1.16 bits per heavy atom. The highest BCUT2D eigenvalue weighted by Gasteiger charge is 2.29. The normalized spacial score (nSPS) is 18.3. The van der Waals surface area contributed by atoms with Crippen LogP contribution in [-0.2, 0) is 6.54 Å². The first-order valence-corrected chi connectivity index (χ1v) is 11.0. The Hall–Kier alpha value is -3.06. The fraction of sp³-hybridized carbons (Fsp3) is 0.375. The number of carbonyl (C=O) groups is 1. The van der Waals surface area contributed by atoms with E-state index in [1.807, 2.05) is 36.4 Å². The molecular weight excluding hydrogens is 430 g/mol. The minimum Gasteiger partial charge on any atom is -0.497 e. The maximum absolute atomic E-state index is 11.7. The Bertz CT molecular complexity index is 1090. The molecule has 168 valence electrons. The molecule has 1 N–H and O–H groups in total. The molecule has 1 aromatic heterocycles. The topological polar surface area (TPSA) is 86.5 Å². The molecule has 0 bridgehead atoms. The second kappa shape index (κ2) is 9.61. The van der Waals surface area contributed by atoms with Crippen LogP contribution in [0.5, 0.6) is 11.6 Å². The lowest BCUT2D eigenvalue weighted by Crippen LogP contribution is -2.25. The lowest BCUT2D eigenvalue weighted by molar-refractivity contribution is 0.0676. The van der Waals surface area contributed by atoms with E-state index in [4.69, 9.17) is 21.1 Å². The second-order valence-electron chi connectivity index (χ2n) is 8.17. The van der Waals surface area contributed by atoms with Crippen molar-refractivity contribution < 1.29 is 19.4 Å². The van der Waals surface area contributed by atoms with E-state index < -0.39 is 5.97 Å². The first-order valence-electron chi connectivity index (χ1n) is 10.7. The van der Waals surface area contributed by atoms with Crippen molar-refractivity contribution in [2.45, 2.75) is 51.2 Å². The monoisotopic (exact) mass is 455 g/mol. The van der Waals surface area contributed by atoms with Crippen molar-refractivity contribution in [1.29, 1.82) is 0 Å². The summed E-state index contributed by atoms with van der Waals surface area (Å²) in [5.41, 5.74) is 3.16. The summed E-state index contributed by atoms with van der Waals surface area (Å²) in [6, 6.07) is 13.6. The molecule has 1 aliphatic carbocycles. The molecule has 8 heteroatoms.